The van der Waals surface area contributed by atoms with Crippen molar-refractivity contribution in [2.45, 2.75) is 31.1 Å². The Kier molecular flexibility index (Phi) is 6.87. The molecule has 1 N–H and O–H groups in total. The number of anilines is 1. The van der Waals surface area contributed by atoms with Crippen LogP contribution in [0.25, 0.3) is 16.9 Å². The summed E-state index contributed by atoms with van der Waals surface area (Å²) in [6.07, 6.45) is 1.97. The molecule has 0 bridgehead atoms. The Bertz CT molecular complexity index is 1510. The highest BCUT2D eigenvalue weighted by atomic mass is 32.2. The van der Waals surface area contributed by atoms with Crippen molar-refractivity contribution in [1.29, 1.82) is 0 Å². The number of aryl methyl sites for hydroxylation is 1. The smallest absolute Gasteiger partial charge is 0.240 e. The van der Waals surface area contributed by atoms with E-state index >= 15 is 0 Å². The number of nitrogens with zero attached hydrogens (tertiary/aromatic N) is 3. The van der Waals surface area contributed by atoms with E-state index < -0.39 is 0 Å². The number of ether oxygens (including phenoxy) is 1. The second-order valence-electron chi connectivity index (χ2n) is 9.93. The number of methoxy groups -OCH3 is 1. The first-order valence-electron chi connectivity index (χ1n) is 13.1. The summed E-state index contributed by atoms with van der Waals surface area (Å²) in [5.41, 5.74) is 5.74. The third-order valence-corrected chi connectivity index (χ3v) is 8.40. The average Bonchev–Trinajstić information content (AvgIpc) is 3.71. The fourth-order valence-electron chi connectivity index (χ4n) is 5.00. The molecular formula is C31H30N4O3S. The highest BCUT2D eigenvalue weighted by Gasteiger charge is 2.38. The predicted molar refractivity (Wildman–Crippen MR) is 155 cm³/mol. The zero-order valence-corrected chi connectivity index (χ0v) is 22.8. The molecule has 6 rings (SSSR count). The van der Waals surface area contributed by atoms with E-state index in [9.17, 15) is 9.59 Å². The minimum Gasteiger partial charge on any atom is -0.497 e. The van der Waals surface area contributed by atoms with Gasteiger partial charge in [-0.2, -0.15) is 5.10 Å². The van der Waals surface area contributed by atoms with E-state index in [0.29, 0.717) is 5.82 Å². The summed E-state index contributed by atoms with van der Waals surface area (Å²) in [5, 5.41) is 8.04. The fraction of sp³-hybridized carbons (Fsp3) is 0.258. The molecule has 2 heterocycles. The quantitative estimate of drug-likeness (QED) is 0.345. The van der Waals surface area contributed by atoms with E-state index in [2.05, 4.69) is 24.4 Å². The number of carbonyl (C=O) groups excluding carboxylic acids is 2. The van der Waals surface area contributed by atoms with Gasteiger partial charge in [0.25, 0.3) is 0 Å². The normalized spacial score (nSPS) is 16.9. The van der Waals surface area contributed by atoms with Crippen molar-refractivity contribution in [2.75, 3.05) is 24.3 Å². The molecule has 0 radical (unpaired) electrons. The van der Waals surface area contributed by atoms with Gasteiger partial charge in [-0.15, -0.1) is 11.8 Å². The molecule has 2 amide bonds. The monoisotopic (exact) mass is 538 g/mol. The van der Waals surface area contributed by atoms with Gasteiger partial charge in [-0.05, 0) is 55.2 Å². The summed E-state index contributed by atoms with van der Waals surface area (Å²) >= 11 is 1.59. The Balaban J connectivity index is 1.60. The Hall–Kier alpha value is -4.04. The Morgan fingerprint density at radius 3 is 2.44 bits per heavy atom. The standard InChI is InChI=1S/C31H30N4O3S/c1-20-8-6-7-11-25(20)30-28-29(21-9-4-3-5-10-21)33-35(23-14-16-24(38-2)17-15-23)31(28)34(27(37)19-39-30)18-26(36)32-22-12-13-22/h3-11,14-17,22,30H,12-13,18-19H2,1-2H3,(H,32,36)/t30-/m0/s1. The first kappa shape index (κ1) is 25.2. The maximum atomic E-state index is 13.8. The van der Waals surface area contributed by atoms with Crippen molar-refractivity contribution in [2.24, 2.45) is 0 Å². The van der Waals surface area contributed by atoms with Crippen LogP contribution in [-0.4, -0.2) is 47.0 Å². The van der Waals surface area contributed by atoms with E-state index in [-0.39, 0.29) is 35.4 Å². The second kappa shape index (κ2) is 10.6. The summed E-state index contributed by atoms with van der Waals surface area (Å²) in [4.78, 5) is 28.5. The molecule has 3 aromatic carbocycles. The molecule has 1 atom stereocenters. The highest BCUT2D eigenvalue weighted by Crippen LogP contribution is 2.49. The number of hydrogen-bond acceptors (Lipinski definition) is 5. The zero-order valence-electron chi connectivity index (χ0n) is 22.0. The van der Waals surface area contributed by atoms with E-state index in [1.54, 1.807) is 23.8 Å². The van der Waals surface area contributed by atoms with Crippen LogP contribution in [0.3, 0.4) is 0 Å². The Morgan fingerprint density at radius 1 is 1.03 bits per heavy atom. The fourth-order valence-corrected chi connectivity index (χ4v) is 6.30. The molecule has 1 aliphatic carbocycles. The van der Waals surface area contributed by atoms with Gasteiger partial charge in [0.1, 0.15) is 18.1 Å². The first-order valence-corrected chi connectivity index (χ1v) is 14.2. The van der Waals surface area contributed by atoms with E-state index in [1.807, 2.05) is 71.4 Å². The summed E-state index contributed by atoms with van der Waals surface area (Å²) in [5.74, 6) is 1.34. The Morgan fingerprint density at radius 2 is 1.74 bits per heavy atom. The molecule has 7 nitrogen and oxygen atoms in total. The van der Waals surface area contributed by atoms with Gasteiger partial charge in [0.15, 0.2) is 0 Å². The number of nitrogens with one attached hydrogen (secondary N) is 1. The van der Waals surface area contributed by atoms with Crippen LogP contribution in [0.4, 0.5) is 5.82 Å². The predicted octanol–water partition coefficient (Wildman–Crippen LogP) is 5.30. The summed E-state index contributed by atoms with van der Waals surface area (Å²) in [6, 6.07) is 26.1. The van der Waals surface area contributed by atoms with Gasteiger partial charge < -0.3 is 10.1 Å². The molecule has 4 aromatic rings. The molecular weight excluding hydrogens is 508 g/mol. The zero-order chi connectivity index (χ0) is 26.9. The lowest BCUT2D eigenvalue weighted by molar-refractivity contribution is -0.123. The largest absolute Gasteiger partial charge is 0.497 e. The van der Waals surface area contributed by atoms with Crippen LogP contribution in [0.15, 0.2) is 78.9 Å². The van der Waals surface area contributed by atoms with Crippen LogP contribution in [0.1, 0.15) is 34.8 Å². The summed E-state index contributed by atoms with van der Waals surface area (Å²) < 4.78 is 7.20. The second-order valence-corrected chi connectivity index (χ2v) is 11.0. The van der Waals surface area contributed by atoms with Crippen LogP contribution in [0.5, 0.6) is 5.75 Å². The van der Waals surface area contributed by atoms with Gasteiger partial charge in [-0.3, -0.25) is 14.5 Å². The highest BCUT2D eigenvalue weighted by molar-refractivity contribution is 8.00. The molecule has 1 aliphatic heterocycles. The number of fused-ring (bicyclic) bond motifs is 1. The van der Waals surface area contributed by atoms with Crippen LogP contribution >= 0.6 is 11.8 Å². The molecule has 0 spiro atoms. The number of amides is 2. The number of carbonyl (C=O) groups is 2. The lowest BCUT2D eigenvalue weighted by Crippen LogP contribution is -2.43. The van der Waals surface area contributed by atoms with Crippen LogP contribution in [-0.2, 0) is 9.59 Å². The minimum absolute atomic E-state index is 0.0561. The van der Waals surface area contributed by atoms with Crippen molar-refractivity contribution in [1.82, 2.24) is 15.1 Å². The van der Waals surface area contributed by atoms with Crippen molar-refractivity contribution in [3.05, 3.63) is 95.6 Å². The van der Waals surface area contributed by atoms with E-state index in [4.69, 9.17) is 9.84 Å². The summed E-state index contributed by atoms with van der Waals surface area (Å²) in [7, 11) is 1.63. The van der Waals surface area contributed by atoms with Crippen molar-refractivity contribution in [3.8, 4) is 22.7 Å². The van der Waals surface area contributed by atoms with Crippen molar-refractivity contribution < 1.29 is 14.3 Å². The van der Waals surface area contributed by atoms with Gasteiger partial charge in [0.05, 0.1) is 29.5 Å². The SMILES string of the molecule is COc1ccc(-n2nc(-c3ccccc3)c3c2N(CC(=O)NC2CC2)C(=O)CS[C@H]3c2ccccc2C)cc1. The summed E-state index contributed by atoms with van der Waals surface area (Å²) in [6.45, 7) is 2.04. The molecule has 0 unspecified atom stereocenters. The molecule has 0 saturated heterocycles. The first-order chi connectivity index (χ1) is 19.0. The topological polar surface area (TPSA) is 76.5 Å². The van der Waals surface area contributed by atoms with Crippen LogP contribution < -0.4 is 15.0 Å². The molecule has 1 saturated carbocycles. The minimum atomic E-state index is -0.153. The molecule has 39 heavy (non-hydrogen) atoms. The van der Waals surface area contributed by atoms with Gasteiger partial charge in [0, 0.05) is 17.2 Å². The number of thioether (sulfide) groups is 1. The van der Waals surface area contributed by atoms with Gasteiger partial charge >= 0.3 is 0 Å². The number of rotatable bonds is 7. The number of benzene rings is 3. The lowest BCUT2D eigenvalue weighted by Gasteiger charge is -2.23. The number of hydrogen-bond donors (Lipinski definition) is 1. The van der Waals surface area contributed by atoms with Crippen molar-refractivity contribution >= 4 is 29.4 Å². The molecule has 198 valence electrons. The molecule has 8 heteroatoms. The van der Waals surface area contributed by atoms with Crippen LogP contribution in [0, 0.1) is 6.92 Å². The van der Waals surface area contributed by atoms with Gasteiger partial charge in [-0.25, -0.2) is 4.68 Å². The molecule has 1 aromatic heterocycles. The van der Waals surface area contributed by atoms with Gasteiger partial charge in [0.2, 0.25) is 11.8 Å². The van der Waals surface area contributed by atoms with E-state index in [1.165, 1.54) is 0 Å². The molecule has 2 aliphatic rings. The van der Waals surface area contributed by atoms with Crippen LogP contribution in [0.2, 0.25) is 0 Å². The molecule has 1 fully saturated rings. The van der Waals surface area contributed by atoms with Gasteiger partial charge in [-0.1, -0.05) is 54.6 Å². The van der Waals surface area contributed by atoms with E-state index in [0.717, 1.165) is 52.2 Å². The lowest BCUT2D eigenvalue weighted by atomic mass is 9.97. The average molecular weight is 539 g/mol. The maximum absolute atomic E-state index is 13.8. The maximum Gasteiger partial charge on any atom is 0.240 e. The third-order valence-electron chi connectivity index (χ3n) is 7.17. The third kappa shape index (κ3) is 5.04. The number of aromatic nitrogens is 2. The Labute approximate surface area is 232 Å². The van der Waals surface area contributed by atoms with Crippen molar-refractivity contribution in [3.63, 3.8) is 0 Å².